The van der Waals surface area contributed by atoms with Crippen molar-refractivity contribution < 1.29 is 19.1 Å². The third-order valence-electron chi connectivity index (χ3n) is 2.37. The van der Waals surface area contributed by atoms with Crippen LogP contribution in [0.15, 0.2) is 0 Å². The van der Waals surface area contributed by atoms with Crippen molar-refractivity contribution in [1.29, 1.82) is 0 Å². The summed E-state index contributed by atoms with van der Waals surface area (Å²) in [6.45, 7) is 8.28. The summed E-state index contributed by atoms with van der Waals surface area (Å²) in [5.74, 6) is 0.297. The highest BCUT2D eigenvalue weighted by Gasteiger charge is 2.31. The van der Waals surface area contributed by atoms with Crippen LogP contribution in [0.4, 0.5) is 4.79 Å². The van der Waals surface area contributed by atoms with E-state index in [0.717, 1.165) is 0 Å². The zero-order valence-corrected chi connectivity index (χ0v) is 11.3. The lowest BCUT2D eigenvalue weighted by Crippen LogP contribution is -2.31. The average molecular weight is 245 g/mol. The largest absolute Gasteiger partial charge is 0.508 e. The van der Waals surface area contributed by atoms with E-state index in [0.29, 0.717) is 19.4 Å². The fraction of sp³-hybridized carbons (Fsp3) is 0.833. The first-order chi connectivity index (χ1) is 7.93. The van der Waals surface area contributed by atoms with Crippen LogP contribution in [-0.2, 0) is 14.3 Å². The van der Waals surface area contributed by atoms with Crippen molar-refractivity contribution in [3.05, 3.63) is 0 Å². The molecule has 1 saturated heterocycles. The van der Waals surface area contributed by atoms with Gasteiger partial charge in [-0.3, -0.25) is 4.79 Å². The highest BCUT2D eigenvalue weighted by Crippen LogP contribution is 2.25. The summed E-state index contributed by atoms with van der Waals surface area (Å²) in [4.78, 5) is 21.9. The van der Waals surface area contributed by atoms with E-state index in [1.807, 2.05) is 27.7 Å². The van der Waals surface area contributed by atoms with Crippen molar-refractivity contribution in [2.45, 2.75) is 46.1 Å². The quantitative estimate of drug-likeness (QED) is 0.773. The Labute approximate surface area is 103 Å². The lowest BCUT2D eigenvalue weighted by molar-refractivity contribution is -0.119. The topological polar surface area (TPSA) is 64.6 Å². The molecule has 1 N–H and O–H groups in total. The van der Waals surface area contributed by atoms with Gasteiger partial charge in [0.2, 0.25) is 5.91 Å². The monoisotopic (exact) mass is 245 g/mol. The summed E-state index contributed by atoms with van der Waals surface area (Å²) in [6.07, 6.45) is 0.478. The van der Waals surface area contributed by atoms with Crippen molar-refractivity contribution in [3.63, 3.8) is 0 Å². The minimum atomic E-state index is -0.683. The molecule has 1 atom stereocenters. The van der Waals surface area contributed by atoms with Crippen LogP contribution < -0.4 is 5.32 Å². The number of nitrogens with one attached hydrogen (secondary N) is 1. The van der Waals surface area contributed by atoms with Gasteiger partial charge in [0.05, 0.1) is 7.11 Å². The predicted octanol–water partition coefficient (Wildman–Crippen LogP) is 2.10. The third-order valence-corrected chi connectivity index (χ3v) is 2.37. The maximum Gasteiger partial charge on any atom is 0.508 e. The van der Waals surface area contributed by atoms with Crippen molar-refractivity contribution in [2.75, 3.05) is 13.7 Å². The first-order valence-electron chi connectivity index (χ1n) is 5.96. The Morgan fingerprint density at radius 3 is 2.47 bits per heavy atom. The normalized spacial score (nSPS) is 18.9. The Kier molecular flexibility index (Phi) is 6.61. The number of ether oxygens (including phenoxy) is 2. The second kappa shape index (κ2) is 7.14. The number of hydrogen-bond donors (Lipinski definition) is 1. The molecule has 0 radical (unpaired) electrons. The Hall–Kier alpha value is -1.26. The van der Waals surface area contributed by atoms with Gasteiger partial charge in [-0.1, -0.05) is 13.8 Å². The number of amides is 1. The molecule has 0 saturated carbocycles. The van der Waals surface area contributed by atoms with Crippen LogP contribution in [0, 0.1) is 5.92 Å². The zero-order chi connectivity index (χ0) is 13.5. The Balaban J connectivity index is 0.00000121. The zero-order valence-electron chi connectivity index (χ0n) is 11.3. The summed E-state index contributed by atoms with van der Waals surface area (Å²) in [6, 6.07) is 0. The van der Waals surface area contributed by atoms with Gasteiger partial charge < -0.3 is 14.8 Å². The number of carbonyl (C=O) groups is 2. The van der Waals surface area contributed by atoms with E-state index in [2.05, 4.69) is 10.1 Å². The molecule has 100 valence electrons. The van der Waals surface area contributed by atoms with Crippen molar-refractivity contribution in [3.8, 4) is 0 Å². The molecule has 17 heavy (non-hydrogen) atoms. The van der Waals surface area contributed by atoms with E-state index in [4.69, 9.17) is 4.74 Å². The van der Waals surface area contributed by atoms with Crippen LogP contribution in [0.5, 0.6) is 0 Å². The van der Waals surface area contributed by atoms with Gasteiger partial charge in [0.25, 0.3) is 0 Å². The lowest BCUT2D eigenvalue weighted by atomic mass is 9.93. The second-order valence-electron chi connectivity index (χ2n) is 4.39. The SMILES string of the molecule is CC.COC(=O)OC(C)(C)CC1CNC(=O)C1. The summed E-state index contributed by atoms with van der Waals surface area (Å²) < 4.78 is 9.51. The lowest BCUT2D eigenvalue weighted by Gasteiger charge is -2.26. The molecule has 0 aliphatic carbocycles. The number of methoxy groups -OCH3 is 1. The molecular weight excluding hydrogens is 222 g/mol. The van der Waals surface area contributed by atoms with Crippen LogP contribution in [0.1, 0.15) is 40.5 Å². The molecule has 0 spiro atoms. The number of carbonyl (C=O) groups excluding carboxylic acids is 2. The standard InChI is InChI=1S/C10H17NO4.C2H6/c1-10(2,15-9(13)14-3)5-7-4-8(12)11-6-7;1-2/h7H,4-6H2,1-3H3,(H,11,12);1-2H3. The van der Waals surface area contributed by atoms with Gasteiger partial charge in [-0.15, -0.1) is 0 Å². The van der Waals surface area contributed by atoms with Crippen LogP contribution in [0.2, 0.25) is 0 Å². The molecule has 0 aromatic rings. The Morgan fingerprint density at radius 2 is 2.06 bits per heavy atom. The van der Waals surface area contributed by atoms with Crippen molar-refractivity contribution >= 4 is 12.1 Å². The maximum absolute atomic E-state index is 11.0. The first-order valence-corrected chi connectivity index (χ1v) is 5.96. The first kappa shape index (κ1) is 15.7. The molecule has 1 aliphatic heterocycles. The summed E-state index contributed by atoms with van der Waals surface area (Å²) in [7, 11) is 1.28. The van der Waals surface area contributed by atoms with Gasteiger partial charge in [-0.05, 0) is 26.2 Å². The molecule has 1 amide bonds. The van der Waals surface area contributed by atoms with Gasteiger partial charge in [0.15, 0.2) is 0 Å². The maximum atomic E-state index is 11.0. The molecule has 1 unspecified atom stereocenters. The molecule has 1 rings (SSSR count). The number of rotatable bonds is 3. The van der Waals surface area contributed by atoms with Gasteiger partial charge >= 0.3 is 6.16 Å². The Bertz CT molecular complexity index is 263. The van der Waals surface area contributed by atoms with Crippen molar-refractivity contribution in [2.24, 2.45) is 5.92 Å². The smallest absolute Gasteiger partial charge is 0.438 e. The highest BCUT2D eigenvalue weighted by molar-refractivity contribution is 5.78. The van der Waals surface area contributed by atoms with Crippen LogP contribution in [0.25, 0.3) is 0 Å². The molecule has 1 heterocycles. The minimum absolute atomic E-state index is 0.0638. The second-order valence-corrected chi connectivity index (χ2v) is 4.39. The molecule has 0 bridgehead atoms. The molecule has 1 aliphatic rings. The van der Waals surface area contributed by atoms with Crippen LogP contribution in [0.3, 0.4) is 0 Å². The van der Waals surface area contributed by atoms with Crippen molar-refractivity contribution in [1.82, 2.24) is 5.32 Å². The third kappa shape index (κ3) is 6.14. The van der Waals surface area contributed by atoms with E-state index in [-0.39, 0.29) is 11.8 Å². The van der Waals surface area contributed by atoms with E-state index >= 15 is 0 Å². The van der Waals surface area contributed by atoms with E-state index in [1.54, 1.807) is 0 Å². The minimum Gasteiger partial charge on any atom is -0.438 e. The molecule has 0 aromatic carbocycles. The molecule has 5 nitrogen and oxygen atoms in total. The number of hydrogen-bond acceptors (Lipinski definition) is 4. The highest BCUT2D eigenvalue weighted by atomic mass is 16.7. The van der Waals surface area contributed by atoms with Crippen LogP contribution >= 0.6 is 0 Å². The van der Waals surface area contributed by atoms with Crippen LogP contribution in [-0.4, -0.2) is 31.3 Å². The van der Waals surface area contributed by atoms with E-state index in [9.17, 15) is 9.59 Å². The average Bonchev–Trinajstić information content (AvgIpc) is 2.65. The molecule has 5 heteroatoms. The molecule has 1 fully saturated rings. The predicted molar refractivity (Wildman–Crippen MR) is 64.7 cm³/mol. The fourth-order valence-electron chi connectivity index (χ4n) is 1.81. The summed E-state index contributed by atoms with van der Waals surface area (Å²) >= 11 is 0. The molecular formula is C12H23NO4. The van der Waals surface area contributed by atoms with Gasteiger partial charge in [0.1, 0.15) is 5.60 Å². The summed E-state index contributed by atoms with van der Waals surface area (Å²) in [5, 5.41) is 2.75. The van der Waals surface area contributed by atoms with E-state index in [1.165, 1.54) is 7.11 Å². The Morgan fingerprint density at radius 1 is 1.47 bits per heavy atom. The van der Waals surface area contributed by atoms with Gasteiger partial charge in [-0.25, -0.2) is 4.79 Å². The van der Waals surface area contributed by atoms with Gasteiger partial charge in [-0.2, -0.15) is 0 Å². The fourth-order valence-corrected chi connectivity index (χ4v) is 1.81. The van der Waals surface area contributed by atoms with E-state index < -0.39 is 11.8 Å². The van der Waals surface area contributed by atoms with Gasteiger partial charge in [0, 0.05) is 13.0 Å². The molecule has 0 aromatic heterocycles. The summed E-state index contributed by atoms with van der Waals surface area (Å²) in [5.41, 5.74) is -0.593.